The number of imidazole rings is 1. The SMILES string of the molecule is CN1CCN(C(=O)c2nc3c([N+](=O)[O-])cccc3[nH]2)CC1. The van der Waals surface area contributed by atoms with E-state index in [0.29, 0.717) is 18.6 Å². The van der Waals surface area contributed by atoms with Crippen LogP contribution < -0.4 is 0 Å². The summed E-state index contributed by atoms with van der Waals surface area (Å²) in [5.41, 5.74) is 0.628. The number of H-pyrrole nitrogens is 1. The highest BCUT2D eigenvalue weighted by Gasteiger charge is 2.24. The van der Waals surface area contributed by atoms with Gasteiger partial charge in [-0.25, -0.2) is 4.98 Å². The van der Waals surface area contributed by atoms with Crippen molar-refractivity contribution >= 4 is 22.6 Å². The molecule has 1 aromatic heterocycles. The Morgan fingerprint density at radius 3 is 2.71 bits per heavy atom. The molecule has 1 N–H and O–H groups in total. The first-order chi connectivity index (χ1) is 10.1. The van der Waals surface area contributed by atoms with Crippen LogP contribution in [0.25, 0.3) is 11.0 Å². The van der Waals surface area contributed by atoms with Crippen molar-refractivity contribution in [2.24, 2.45) is 0 Å². The van der Waals surface area contributed by atoms with Gasteiger partial charge in [-0.2, -0.15) is 0 Å². The molecule has 110 valence electrons. The molecule has 8 nitrogen and oxygen atoms in total. The highest BCUT2D eigenvalue weighted by molar-refractivity contribution is 5.96. The van der Waals surface area contributed by atoms with Crippen LogP contribution in [0.2, 0.25) is 0 Å². The summed E-state index contributed by atoms with van der Waals surface area (Å²) in [6.07, 6.45) is 0. The van der Waals surface area contributed by atoms with Gasteiger partial charge in [-0.1, -0.05) is 6.07 Å². The Morgan fingerprint density at radius 1 is 1.33 bits per heavy atom. The second-order valence-electron chi connectivity index (χ2n) is 5.11. The number of hydrogen-bond acceptors (Lipinski definition) is 5. The van der Waals surface area contributed by atoms with E-state index in [0.717, 1.165) is 13.1 Å². The van der Waals surface area contributed by atoms with E-state index in [1.807, 2.05) is 7.05 Å². The Labute approximate surface area is 120 Å². The molecule has 21 heavy (non-hydrogen) atoms. The minimum atomic E-state index is -0.493. The number of para-hydroxylation sites is 1. The monoisotopic (exact) mass is 289 g/mol. The van der Waals surface area contributed by atoms with E-state index in [2.05, 4.69) is 14.9 Å². The number of likely N-dealkylation sites (N-methyl/N-ethyl adjacent to an activating group) is 1. The van der Waals surface area contributed by atoms with E-state index in [4.69, 9.17) is 0 Å². The fourth-order valence-electron chi connectivity index (χ4n) is 2.42. The molecular weight excluding hydrogens is 274 g/mol. The second kappa shape index (κ2) is 5.13. The minimum Gasteiger partial charge on any atom is -0.334 e. The van der Waals surface area contributed by atoms with Crippen molar-refractivity contribution < 1.29 is 9.72 Å². The Kier molecular flexibility index (Phi) is 3.30. The third kappa shape index (κ3) is 2.45. The van der Waals surface area contributed by atoms with Crippen LogP contribution in [-0.2, 0) is 0 Å². The molecule has 2 heterocycles. The summed E-state index contributed by atoms with van der Waals surface area (Å²) in [7, 11) is 2.01. The third-order valence-corrected chi connectivity index (χ3v) is 3.68. The number of aromatic amines is 1. The number of fused-ring (bicyclic) bond motifs is 1. The van der Waals surface area contributed by atoms with Gasteiger partial charge in [-0.3, -0.25) is 14.9 Å². The molecule has 0 bridgehead atoms. The van der Waals surface area contributed by atoms with Gasteiger partial charge in [0.1, 0.15) is 0 Å². The number of rotatable bonds is 2. The van der Waals surface area contributed by atoms with Gasteiger partial charge < -0.3 is 14.8 Å². The van der Waals surface area contributed by atoms with E-state index in [1.54, 1.807) is 17.0 Å². The first-order valence-corrected chi connectivity index (χ1v) is 6.67. The zero-order valence-electron chi connectivity index (χ0n) is 11.6. The highest BCUT2D eigenvalue weighted by atomic mass is 16.6. The number of aromatic nitrogens is 2. The largest absolute Gasteiger partial charge is 0.334 e. The van der Waals surface area contributed by atoms with Crippen molar-refractivity contribution in [3.8, 4) is 0 Å². The number of carbonyl (C=O) groups excluding carboxylic acids is 1. The maximum atomic E-state index is 12.4. The fraction of sp³-hybridized carbons (Fsp3) is 0.385. The average Bonchev–Trinajstić information content (AvgIpc) is 2.90. The van der Waals surface area contributed by atoms with Gasteiger partial charge in [0.15, 0.2) is 11.3 Å². The molecule has 2 aromatic rings. The van der Waals surface area contributed by atoms with E-state index >= 15 is 0 Å². The highest BCUT2D eigenvalue weighted by Crippen LogP contribution is 2.23. The smallest absolute Gasteiger partial charge is 0.297 e. The molecule has 1 saturated heterocycles. The van der Waals surface area contributed by atoms with Crippen LogP contribution in [0.5, 0.6) is 0 Å². The van der Waals surface area contributed by atoms with Crippen molar-refractivity contribution in [2.75, 3.05) is 33.2 Å². The first kappa shape index (κ1) is 13.5. The van der Waals surface area contributed by atoms with E-state index in [-0.39, 0.29) is 22.9 Å². The summed E-state index contributed by atoms with van der Waals surface area (Å²) >= 11 is 0. The number of piperazine rings is 1. The molecule has 0 aliphatic carbocycles. The van der Waals surface area contributed by atoms with Crippen molar-refractivity contribution in [3.63, 3.8) is 0 Å². The van der Waals surface area contributed by atoms with Crippen LogP contribution in [0.4, 0.5) is 5.69 Å². The lowest BCUT2D eigenvalue weighted by Gasteiger charge is -2.31. The predicted molar refractivity (Wildman–Crippen MR) is 76.1 cm³/mol. The summed E-state index contributed by atoms with van der Waals surface area (Å²) in [6, 6.07) is 4.63. The number of nitro benzene ring substituents is 1. The van der Waals surface area contributed by atoms with Crippen molar-refractivity contribution in [1.29, 1.82) is 0 Å². The lowest BCUT2D eigenvalue weighted by Crippen LogP contribution is -2.47. The minimum absolute atomic E-state index is 0.0961. The van der Waals surface area contributed by atoms with Gasteiger partial charge in [0.25, 0.3) is 11.6 Å². The predicted octanol–water partition coefficient (Wildman–Crippen LogP) is 0.859. The zero-order valence-corrected chi connectivity index (χ0v) is 11.6. The molecule has 1 fully saturated rings. The Balaban J connectivity index is 1.92. The summed E-state index contributed by atoms with van der Waals surface area (Å²) < 4.78 is 0. The topological polar surface area (TPSA) is 95.4 Å². The standard InChI is InChI=1S/C13H15N5O3/c1-16-5-7-17(8-6-16)13(19)12-14-9-3-2-4-10(18(20)21)11(9)15-12/h2-4H,5-8H2,1H3,(H,14,15). The van der Waals surface area contributed by atoms with Crippen molar-refractivity contribution in [1.82, 2.24) is 19.8 Å². The number of nitrogens with zero attached hydrogens (tertiary/aromatic N) is 4. The molecule has 1 aromatic carbocycles. The third-order valence-electron chi connectivity index (χ3n) is 3.68. The summed E-state index contributed by atoms with van der Waals surface area (Å²) in [5, 5.41) is 11.0. The molecule has 1 aliphatic rings. The molecule has 0 spiro atoms. The first-order valence-electron chi connectivity index (χ1n) is 6.67. The maximum absolute atomic E-state index is 12.4. The molecule has 1 amide bonds. The second-order valence-corrected chi connectivity index (χ2v) is 5.11. The Bertz CT molecular complexity index is 703. The molecule has 1 aliphatic heterocycles. The van der Waals surface area contributed by atoms with E-state index in [9.17, 15) is 14.9 Å². The summed E-state index contributed by atoms with van der Waals surface area (Å²) in [5.74, 6) is -0.0579. The van der Waals surface area contributed by atoms with Crippen LogP contribution in [-0.4, -0.2) is 63.8 Å². The van der Waals surface area contributed by atoms with Gasteiger partial charge in [0.2, 0.25) is 0 Å². The van der Waals surface area contributed by atoms with Crippen molar-refractivity contribution in [3.05, 3.63) is 34.1 Å². The summed E-state index contributed by atoms with van der Waals surface area (Å²) in [6.45, 7) is 2.89. The van der Waals surface area contributed by atoms with E-state index in [1.165, 1.54) is 6.07 Å². The van der Waals surface area contributed by atoms with Crippen molar-refractivity contribution in [2.45, 2.75) is 0 Å². The van der Waals surface area contributed by atoms with Gasteiger partial charge in [0, 0.05) is 32.2 Å². The number of benzene rings is 1. The number of nitrogens with one attached hydrogen (secondary N) is 1. The van der Waals surface area contributed by atoms with Gasteiger partial charge in [-0.05, 0) is 13.1 Å². The number of nitro groups is 1. The quantitative estimate of drug-likeness (QED) is 0.653. The fourth-order valence-corrected chi connectivity index (χ4v) is 2.42. The maximum Gasteiger partial charge on any atom is 0.297 e. The number of amides is 1. The number of non-ortho nitro benzene ring substituents is 1. The lowest BCUT2D eigenvalue weighted by atomic mass is 10.3. The van der Waals surface area contributed by atoms with Gasteiger partial charge >= 0.3 is 0 Å². The Morgan fingerprint density at radius 2 is 2.05 bits per heavy atom. The van der Waals surface area contributed by atoms with Crippen LogP contribution in [0.15, 0.2) is 18.2 Å². The number of hydrogen-bond donors (Lipinski definition) is 1. The van der Waals surface area contributed by atoms with Crippen LogP contribution >= 0.6 is 0 Å². The van der Waals surface area contributed by atoms with Crippen LogP contribution in [0.1, 0.15) is 10.6 Å². The molecule has 0 atom stereocenters. The molecule has 8 heteroatoms. The van der Waals surface area contributed by atoms with Crippen LogP contribution in [0.3, 0.4) is 0 Å². The number of carbonyl (C=O) groups is 1. The molecule has 3 rings (SSSR count). The molecule has 0 unspecified atom stereocenters. The lowest BCUT2D eigenvalue weighted by molar-refractivity contribution is -0.383. The van der Waals surface area contributed by atoms with E-state index < -0.39 is 4.92 Å². The summed E-state index contributed by atoms with van der Waals surface area (Å²) in [4.78, 5) is 33.8. The molecule has 0 saturated carbocycles. The van der Waals surface area contributed by atoms with Gasteiger partial charge in [-0.15, -0.1) is 0 Å². The molecule has 0 radical (unpaired) electrons. The Hall–Kier alpha value is -2.48. The van der Waals surface area contributed by atoms with Crippen LogP contribution in [0, 0.1) is 10.1 Å². The molecular formula is C13H15N5O3. The average molecular weight is 289 g/mol. The van der Waals surface area contributed by atoms with Gasteiger partial charge in [0.05, 0.1) is 10.4 Å². The zero-order chi connectivity index (χ0) is 15.0. The normalized spacial score (nSPS) is 16.3.